The highest BCUT2D eigenvalue weighted by molar-refractivity contribution is 6.33. The maximum atomic E-state index is 11.4. The molecule has 0 radical (unpaired) electrons. The molecular formula is C24H16ClN3O3. The summed E-state index contributed by atoms with van der Waals surface area (Å²) < 4.78 is 5.74. The largest absolute Gasteiger partial charge is 0.478 e. The lowest BCUT2D eigenvalue weighted by Crippen LogP contribution is -2.00. The fourth-order valence-corrected chi connectivity index (χ4v) is 3.75. The summed E-state index contributed by atoms with van der Waals surface area (Å²) in [5, 5.41) is 12.0. The Bertz CT molecular complexity index is 1480. The molecule has 0 bridgehead atoms. The molecule has 0 aliphatic heterocycles. The van der Waals surface area contributed by atoms with Gasteiger partial charge in [0.25, 0.3) is 0 Å². The van der Waals surface area contributed by atoms with Gasteiger partial charge in [0, 0.05) is 5.56 Å². The van der Waals surface area contributed by atoms with Crippen molar-refractivity contribution in [1.29, 1.82) is 0 Å². The first-order valence-electron chi connectivity index (χ1n) is 9.55. The maximum Gasteiger partial charge on any atom is 0.336 e. The van der Waals surface area contributed by atoms with E-state index in [1.807, 2.05) is 36.4 Å². The Labute approximate surface area is 182 Å². The predicted molar refractivity (Wildman–Crippen MR) is 120 cm³/mol. The highest BCUT2D eigenvalue weighted by Gasteiger charge is 2.14. The summed E-state index contributed by atoms with van der Waals surface area (Å²) in [4.78, 5) is 23.4. The SMILES string of the molecule is Cc1ccc(Oc2nc3nc(-c4ccc5ccccc5c4)c(Cl)cc3[nH]2)cc1C(=O)O. The van der Waals surface area contributed by atoms with Crippen LogP contribution < -0.4 is 4.74 Å². The first kappa shape index (κ1) is 19.1. The number of hydrogen-bond donors (Lipinski definition) is 2. The molecule has 0 unspecified atom stereocenters. The van der Waals surface area contributed by atoms with Gasteiger partial charge in [0.1, 0.15) is 5.75 Å². The van der Waals surface area contributed by atoms with Crippen LogP contribution in [0.25, 0.3) is 33.2 Å². The Morgan fingerprint density at radius 2 is 1.81 bits per heavy atom. The van der Waals surface area contributed by atoms with E-state index in [2.05, 4.69) is 21.0 Å². The van der Waals surface area contributed by atoms with Crippen LogP contribution in [-0.2, 0) is 0 Å². The topological polar surface area (TPSA) is 88.1 Å². The zero-order valence-corrected chi connectivity index (χ0v) is 17.1. The van der Waals surface area contributed by atoms with Gasteiger partial charge in [-0.15, -0.1) is 0 Å². The molecule has 152 valence electrons. The second-order valence-electron chi connectivity index (χ2n) is 7.18. The van der Waals surface area contributed by atoms with Crippen LogP contribution in [-0.4, -0.2) is 26.0 Å². The van der Waals surface area contributed by atoms with E-state index in [0.717, 1.165) is 16.3 Å². The highest BCUT2D eigenvalue weighted by atomic mass is 35.5. The van der Waals surface area contributed by atoms with Gasteiger partial charge in [0.15, 0.2) is 5.65 Å². The molecule has 7 heteroatoms. The van der Waals surface area contributed by atoms with Crippen LogP contribution in [0.5, 0.6) is 11.8 Å². The first-order valence-corrected chi connectivity index (χ1v) is 9.93. The molecule has 3 aromatic carbocycles. The summed E-state index contributed by atoms with van der Waals surface area (Å²) in [6.07, 6.45) is 0. The number of carboxylic acids is 1. The number of aromatic carboxylic acids is 1. The second-order valence-corrected chi connectivity index (χ2v) is 7.58. The number of H-pyrrole nitrogens is 1. The number of hydrogen-bond acceptors (Lipinski definition) is 4. The van der Waals surface area contributed by atoms with Crippen molar-refractivity contribution in [2.24, 2.45) is 0 Å². The van der Waals surface area contributed by atoms with Crippen LogP contribution in [0.4, 0.5) is 0 Å². The number of halogens is 1. The molecule has 0 amide bonds. The molecule has 0 saturated heterocycles. The fraction of sp³-hybridized carbons (Fsp3) is 0.0417. The van der Waals surface area contributed by atoms with Gasteiger partial charge >= 0.3 is 12.0 Å². The van der Waals surface area contributed by atoms with E-state index in [9.17, 15) is 9.90 Å². The number of aryl methyl sites for hydroxylation is 1. The van der Waals surface area contributed by atoms with Gasteiger partial charge in [0.05, 0.1) is 21.8 Å². The summed E-state index contributed by atoms with van der Waals surface area (Å²) >= 11 is 6.52. The number of nitrogens with one attached hydrogen (secondary N) is 1. The Hall–Kier alpha value is -3.90. The number of aromatic amines is 1. The summed E-state index contributed by atoms with van der Waals surface area (Å²) in [6.45, 7) is 1.73. The molecule has 0 saturated carbocycles. The number of pyridine rings is 1. The zero-order valence-electron chi connectivity index (χ0n) is 16.4. The smallest absolute Gasteiger partial charge is 0.336 e. The summed E-state index contributed by atoms with van der Waals surface area (Å²) in [5.41, 5.74) is 3.41. The number of benzene rings is 3. The number of aromatic nitrogens is 3. The van der Waals surface area contributed by atoms with E-state index >= 15 is 0 Å². The standard InChI is InChI=1S/C24H16ClN3O3/c1-13-6-9-17(11-18(13)23(29)30)31-24-26-20-12-19(25)21(27-22(20)28-24)16-8-7-14-4-2-3-5-15(14)10-16/h2-12H,1H3,(H,29,30)(H,26,27,28). The van der Waals surface area contributed by atoms with Crippen LogP contribution in [0.2, 0.25) is 5.02 Å². The lowest BCUT2D eigenvalue weighted by atomic mass is 10.0. The van der Waals surface area contributed by atoms with Crippen molar-refractivity contribution in [1.82, 2.24) is 15.0 Å². The van der Waals surface area contributed by atoms with Gasteiger partial charge in [-0.2, -0.15) is 4.98 Å². The number of nitrogens with zero attached hydrogens (tertiary/aromatic N) is 2. The molecule has 2 N–H and O–H groups in total. The van der Waals surface area contributed by atoms with Gasteiger partial charge < -0.3 is 14.8 Å². The second kappa shape index (κ2) is 7.41. The molecule has 2 heterocycles. The number of carboxylic acid groups (broad SMARTS) is 1. The molecule has 0 aliphatic rings. The number of carbonyl (C=O) groups is 1. The average molecular weight is 430 g/mol. The van der Waals surface area contributed by atoms with Crippen molar-refractivity contribution in [3.63, 3.8) is 0 Å². The van der Waals surface area contributed by atoms with Crippen LogP contribution in [0.1, 0.15) is 15.9 Å². The normalized spacial score (nSPS) is 11.2. The van der Waals surface area contributed by atoms with Crippen LogP contribution >= 0.6 is 11.6 Å². The van der Waals surface area contributed by atoms with Gasteiger partial charge in [-0.3, -0.25) is 0 Å². The molecular weight excluding hydrogens is 414 g/mol. The van der Waals surface area contributed by atoms with Gasteiger partial charge in [-0.25, -0.2) is 9.78 Å². The van der Waals surface area contributed by atoms with Gasteiger partial charge in [-0.05, 0) is 47.5 Å². The molecule has 0 atom stereocenters. The number of rotatable bonds is 4. The van der Waals surface area contributed by atoms with Gasteiger partial charge in [0.2, 0.25) is 0 Å². The van der Waals surface area contributed by atoms with E-state index in [1.165, 1.54) is 6.07 Å². The minimum absolute atomic E-state index is 0.174. The molecule has 2 aromatic heterocycles. The Morgan fingerprint density at radius 1 is 1.00 bits per heavy atom. The Balaban J connectivity index is 1.52. The lowest BCUT2D eigenvalue weighted by molar-refractivity contribution is 0.0695. The van der Waals surface area contributed by atoms with Crippen molar-refractivity contribution in [3.8, 4) is 23.0 Å². The summed E-state index contributed by atoms with van der Waals surface area (Å²) in [5.74, 6) is -0.649. The lowest BCUT2D eigenvalue weighted by Gasteiger charge is -2.05. The van der Waals surface area contributed by atoms with Crippen LogP contribution in [0.3, 0.4) is 0 Å². The monoisotopic (exact) mass is 429 g/mol. The van der Waals surface area contributed by atoms with Crippen LogP contribution in [0.15, 0.2) is 66.7 Å². The predicted octanol–water partition coefficient (Wildman–Crippen LogP) is 6.23. The average Bonchev–Trinajstić information content (AvgIpc) is 3.15. The fourth-order valence-electron chi connectivity index (χ4n) is 3.49. The Kier molecular flexibility index (Phi) is 4.56. The molecule has 0 aliphatic carbocycles. The molecule has 31 heavy (non-hydrogen) atoms. The number of ether oxygens (including phenoxy) is 1. The quantitative estimate of drug-likeness (QED) is 0.353. The molecule has 5 rings (SSSR count). The van der Waals surface area contributed by atoms with E-state index in [-0.39, 0.29) is 11.6 Å². The zero-order chi connectivity index (χ0) is 21.5. The van der Waals surface area contributed by atoms with E-state index in [4.69, 9.17) is 16.3 Å². The van der Waals surface area contributed by atoms with Crippen molar-refractivity contribution < 1.29 is 14.6 Å². The first-order chi connectivity index (χ1) is 15.0. The minimum atomic E-state index is -1.01. The van der Waals surface area contributed by atoms with E-state index in [1.54, 1.807) is 25.1 Å². The number of fused-ring (bicyclic) bond motifs is 2. The molecule has 5 aromatic rings. The molecule has 6 nitrogen and oxygen atoms in total. The maximum absolute atomic E-state index is 11.4. The van der Waals surface area contributed by atoms with Crippen molar-refractivity contribution >= 4 is 39.5 Å². The third kappa shape index (κ3) is 3.58. The Morgan fingerprint density at radius 3 is 2.61 bits per heavy atom. The molecule has 0 fully saturated rings. The van der Waals surface area contributed by atoms with Crippen molar-refractivity contribution in [2.45, 2.75) is 6.92 Å². The minimum Gasteiger partial charge on any atom is -0.478 e. The van der Waals surface area contributed by atoms with Crippen molar-refractivity contribution in [3.05, 3.63) is 82.9 Å². The summed E-state index contributed by atoms with van der Waals surface area (Å²) in [6, 6.07) is 20.9. The third-order valence-electron chi connectivity index (χ3n) is 5.08. The van der Waals surface area contributed by atoms with E-state index in [0.29, 0.717) is 33.2 Å². The molecule has 0 spiro atoms. The third-order valence-corrected chi connectivity index (χ3v) is 5.37. The highest BCUT2D eigenvalue weighted by Crippen LogP contribution is 2.32. The van der Waals surface area contributed by atoms with E-state index < -0.39 is 5.97 Å². The number of imidazole rings is 1. The van der Waals surface area contributed by atoms with Crippen molar-refractivity contribution in [2.75, 3.05) is 0 Å². The van der Waals surface area contributed by atoms with Gasteiger partial charge in [-0.1, -0.05) is 54.1 Å². The van der Waals surface area contributed by atoms with Crippen LogP contribution in [0, 0.1) is 6.92 Å². The summed E-state index contributed by atoms with van der Waals surface area (Å²) in [7, 11) is 0.